The van der Waals surface area contributed by atoms with Crippen LogP contribution < -0.4 is 0 Å². The minimum Gasteiger partial charge on any atom is -0.303 e. The summed E-state index contributed by atoms with van der Waals surface area (Å²) in [6.45, 7) is 3.67. The van der Waals surface area contributed by atoms with E-state index in [0.29, 0.717) is 6.42 Å². The summed E-state index contributed by atoms with van der Waals surface area (Å²) in [5, 5.41) is 0. The summed E-state index contributed by atoms with van der Waals surface area (Å²) in [7, 11) is 0. The molecule has 0 saturated carbocycles. The molecule has 0 aromatic heterocycles. The van der Waals surface area contributed by atoms with Crippen LogP contribution in [0.5, 0.6) is 0 Å². The molecule has 0 amide bonds. The minimum absolute atomic E-state index is 0.259. The predicted octanol–water partition coefficient (Wildman–Crippen LogP) is 6.39. The van der Waals surface area contributed by atoms with Gasteiger partial charge in [-0.2, -0.15) is 0 Å². The van der Waals surface area contributed by atoms with E-state index >= 15 is 0 Å². The number of benzene rings is 4. The van der Waals surface area contributed by atoms with Gasteiger partial charge in [0.1, 0.15) is 6.29 Å². The van der Waals surface area contributed by atoms with Crippen molar-refractivity contribution in [1.82, 2.24) is 9.80 Å². The van der Waals surface area contributed by atoms with E-state index in [2.05, 4.69) is 107 Å². The number of fused-ring (bicyclic) bond motifs is 2. The molecule has 0 unspecified atom stereocenters. The van der Waals surface area contributed by atoms with E-state index in [4.69, 9.17) is 0 Å². The highest BCUT2D eigenvalue weighted by Crippen LogP contribution is 2.48. The number of nitrogens with zero attached hydrogens (tertiary/aromatic N) is 2. The zero-order chi connectivity index (χ0) is 24.4. The lowest BCUT2D eigenvalue weighted by molar-refractivity contribution is -0.110. The lowest BCUT2D eigenvalue weighted by atomic mass is 9.78. The first-order valence-electron chi connectivity index (χ1n) is 12.7. The van der Waals surface area contributed by atoms with Crippen molar-refractivity contribution in [3.63, 3.8) is 0 Å². The molecule has 2 aliphatic rings. The van der Waals surface area contributed by atoms with Crippen molar-refractivity contribution in [3.05, 3.63) is 131 Å². The Hall–Kier alpha value is -3.18. The number of carbonyl (C=O) groups excluding carboxylic acids is 1. The molecule has 180 valence electrons. The minimum atomic E-state index is -0.464. The third-order valence-corrected chi connectivity index (χ3v) is 8.93. The average molecular weight is 491 g/mol. The number of rotatable bonds is 6. The number of aldehydes is 1. The van der Waals surface area contributed by atoms with Crippen molar-refractivity contribution < 1.29 is 4.79 Å². The second-order valence-corrected chi connectivity index (χ2v) is 10.7. The van der Waals surface area contributed by atoms with Crippen LogP contribution in [0.2, 0.25) is 0 Å². The Kier molecular flexibility index (Phi) is 6.49. The van der Waals surface area contributed by atoms with E-state index in [1.54, 1.807) is 0 Å². The molecule has 2 heterocycles. The van der Waals surface area contributed by atoms with Crippen LogP contribution in [0, 0.1) is 0 Å². The van der Waals surface area contributed by atoms with Crippen LogP contribution in [0.15, 0.2) is 119 Å². The van der Waals surface area contributed by atoms with Gasteiger partial charge < -0.3 is 4.79 Å². The quantitative estimate of drug-likeness (QED) is 0.292. The molecule has 0 aliphatic carbocycles. The molecule has 0 bridgehead atoms. The second kappa shape index (κ2) is 10.1. The summed E-state index contributed by atoms with van der Waals surface area (Å²) in [4.78, 5) is 20.0. The van der Waals surface area contributed by atoms with Gasteiger partial charge >= 0.3 is 0 Å². The molecular weight excluding hydrogens is 460 g/mol. The number of hydrogen-bond donors (Lipinski definition) is 0. The molecule has 1 fully saturated rings. The molecule has 4 aromatic carbocycles. The molecule has 2 aliphatic heterocycles. The summed E-state index contributed by atoms with van der Waals surface area (Å²) < 4.78 is 0. The van der Waals surface area contributed by atoms with Crippen LogP contribution in [-0.4, -0.2) is 42.3 Å². The summed E-state index contributed by atoms with van der Waals surface area (Å²) in [5.41, 5.74) is 4.71. The topological polar surface area (TPSA) is 23.6 Å². The van der Waals surface area contributed by atoms with E-state index in [9.17, 15) is 4.79 Å². The van der Waals surface area contributed by atoms with Crippen LogP contribution in [0.1, 0.15) is 34.7 Å². The first-order valence-corrected chi connectivity index (χ1v) is 13.5. The van der Waals surface area contributed by atoms with Gasteiger partial charge in [-0.25, -0.2) is 0 Å². The van der Waals surface area contributed by atoms with E-state index in [-0.39, 0.29) is 6.04 Å². The Morgan fingerprint density at radius 3 is 1.64 bits per heavy atom. The summed E-state index contributed by atoms with van der Waals surface area (Å²) in [5.74, 6) is 0. The second-order valence-electron chi connectivity index (χ2n) is 9.57. The van der Waals surface area contributed by atoms with Gasteiger partial charge in [0.25, 0.3) is 0 Å². The molecule has 4 aromatic rings. The monoisotopic (exact) mass is 490 g/mol. The Morgan fingerprint density at radius 2 is 1.14 bits per heavy atom. The molecule has 0 N–H and O–H groups in total. The number of piperazine rings is 1. The SMILES string of the molecule is O=CCC(c1ccccc1)(c1ccccc1)N1CCN(C2c3ccccc3Sc3ccccc32)CC1. The number of hydrogen-bond acceptors (Lipinski definition) is 4. The average Bonchev–Trinajstić information content (AvgIpc) is 2.96. The van der Waals surface area contributed by atoms with Crippen LogP contribution in [0.25, 0.3) is 0 Å². The summed E-state index contributed by atoms with van der Waals surface area (Å²) >= 11 is 1.88. The van der Waals surface area contributed by atoms with Crippen LogP contribution in [0.3, 0.4) is 0 Å². The molecule has 0 spiro atoms. The van der Waals surface area contributed by atoms with Crippen molar-refractivity contribution in [2.24, 2.45) is 0 Å². The van der Waals surface area contributed by atoms with Gasteiger partial charge in [-0.1, -0.05) is 109 Å². The predicted molar refractivity (Wildman–Crippen MR) is 146 cm³/mol. The van der Waals surface area contributed by atoms with Gasteiger partial charge in [0.15, 0.2) is 0 Å². The fraction of sp³-hybridized carbons (Fsp3) is 0.219. The normalized spacial score (nSPS) is 16.8. The van der Waals surface area contributed by atoms with E-state index in [1.165, 1.54) is 32.0 Å². The van der Waals surface area contributed by atoms with Gasteiger partial charge in [0.2, 0.25) is 0 Å². The fourth-order valence-corrected chi connectivity index (χ4v) is 7.21. The molecule has 1 saturated heterocycles. The van der Waals surface area contributed by atoms with Crippen molar-refractivity contribution in [3.8, 4) is 0 Å². The first kappa shape index (κ1) is 23.2. The Labute approximate surface area is 217 Å². The highest BCUT2D eigenvalue weighted by molar-refractivity contribution is 7.99. The van der Waals surface area contributed by atoms with Gasteiger partial charge in [-0.3, -0.25) is 9.80 Å². The third-order valence-electron chi connectivity index (χ3n) is 7.75. The standard InChI is InChI=1S/C32H30N2OS/c35-24-19-32(25-11-3-1-4-12-25,26-13-5-2-6-14-26)34-22-20-33(21-23-34)31-27-15-7-9-17-29(27)36-30-18-10-8-16-28(30)31/h1-18,24,31H,19-23H2. The molecule has 36 heavy (non-hydrogen) atoms. The third kappa shape index (κ3) is 4.00. The molecular formula is C32H30N2OS. The van der Waals surface area contributed by atoms with Gasteiger partial charge in [0.05, 0.1) is 11.6 Å². The zero-order valence-corrected chi connectivity index (χ0v) is 21.1. The lowest BCUT2D eigenvalue weighted by Gasteiger charge is -2.50. The maximum atomic E-state index is 12.2. The first-order chi connectivity index (χ1) is 17.8. The Morgan fingerprint density at radius 1 is 0.667 bits per heavy atom. The molecule has 0 atom stereocenters. The van der Waals surface area contributed by atoms with E-state index in [0.717, 1.165) is 32.5 Å². The maximum Gasteiger partial charge on any atom is 0.122 e. The maximum absolute atomic E-state index is 12.2. The lowest BCUT2D eigenvalue weighted by Crippen LogP contribution is -2.56. The molecule has 0 radical (unpaired) electrons. The Bertz CT molecular complexity index is 1250. The van der Waals surface area contributed by atoms with E-state index < -0.39 is 5.54 Å². The number of carbonyl (C=O) groups is 1. The largest absolute Gasteiger partial charge is 0.303 e. The van der Waals surface area contributed by atoms with Crippen molar-refractivity contribution in [2.45, 2.75) is 27.8 Å². The molecule has 6 rings (SSSR count). The summed E-state index contributed by atoms with van der Waals surface area (Å²) in [6.07, 6.45) is 1.53. The highest BCUT2D eigenvalue weighted by Gasteiger charge is 2.42. The van der Waals surface area contributed by atoms with Gasteiger partial charge in [-0.05, 0) is 34.4 Å². The summed E-state index contributed by atoms with van der Waals surface area (Å²) in [6, 6.07) is 39.1. The zero-order valence-electron chi connectivity index (χ0n) is 20.3. The van der Waals surface area contributed by atoms with Gasteiger partial charge in [-0.15, -0.1) is 0 Å². The van der Waals surface area contributed by atoms with Crippen LogP contribution in [0.4, 0.5) is 0 Å². The van der Waals surface area contributed by atoms with E-state index in [1.807, 2.05) is 23.9 Å². The smallest absolute Gasteiger partial charge is 0.122 e. The Balaban J connectivity index is 1.35. The van der Waals surface area contributed by atoms with Crippen molar-refractivity contribution >= 4 is 18.0 Å². The fourth-order valence-electron chi connectivity index (χ4n) is 6.08. The van der Waals surface area contributed by atoms with Crippen molar-refractivity contribution in [1.29, 1.82) is 0 Å². The van der Waals surface area contributed by atoms with Crippen LogP contribution >= 0.6 is 11.8 Å². The van der Waals surface area contributed by atoms with Crippen molar-refractivity contribution in [2.75, 3.05) is 26.2 Å². The molecule has 4 heteroatoms. The van der Waals surface area contributed by atoms with Crippen LogP contribution in [-0.2, 0) is 10.3 Å². The molecule has 3 nitrogen and oxygen atoms in total. The highest BCUT2D eigenvalue weighted by atomic mass is 32.2. The van der Waals surface area contributed by atoms with Gasteiger partial charge in [0, 0.05) is 42.4 Å².